The van der Waals surface area contributed by atoms with Crippen molar-refractivity contribution in [2.75, 3.05) is 13.4 Å². The van der Waals surface area contributed by atoms with Crippen LogP contribution >= 0.6 is 11.8 Å². The zero-order valence-corrected chi connectivity index (χ0v) is 28.8. The fourth-order valence-electron chi connectivity index (χ4n) is 6.23. The summed E-state index contributed by atoms with van der Waals surface area (Å²) >= 11 is 1.76. The average Bonchev–Trinajstić information content (AvgIpc) is 3.53. The Labute approximate surface area is 287 Å². The number of para-hydroxylation sites is 1. The molecule has 0 atom stereocenters. The molecule has 0 saturated heterocycles. The van der Waals surface area contributed by atoms with Crippen LogP contribution in [0.5, 0.6) is 17.2 Å². The number of methoxy groups -OCH3 is 1. The molecule has 3 aromatic heterocycles. The second-order valence-electron chi connectivity index (χ2n) is 11.1. The number of pyridine rings is 1. The molecule has 0 N–H and O–H groups in total. The van der Waals surface area contributed by atoms with Gasteiger partial charge in [0.1, 0.15) is 11.6 Å². The minimum Gasteiger partial charge on any atom is -0.509 e. The van der Waals surface area contributed by atoms with E-state index in [-0.39, 0.29) is 20.4 Å². The van der Waals surface area contributed by atoms with E-state index in [1.165, 1.54) is 21.6 Å². The summed E-state index contributed by atoms with van der Waals surface area (Å²) in [6.07, 6.45) is 3.86. The van der Waals surface area contributed by atoms with Gasteiger partial charge in [-0.3, -0.25) is 4.68 Å². The Hall–Kier alpha value is -4.35. The van der Waals surface area contributed by atoms with Crippen LogP contribution in [-0.2, 0) is 20.4 Å². The molecule has 0 aliphatic rings. The van der Waals surface area contributed by atoms with E-state index in [1.807, 2.05) is 53.2 Å². The van der Waals surface area contributed by atoms with Crippen molar-refractivity contribution in [2.24, 2.45) is 0 Å². The molecule has 0 unspecified atom stereocenters. The number of fused-ring (bicyclic) bond motifs is 3. The molecule has 8 heteroatoms. The molecule has 4 aromatic carbocycles. The molecule has 0 aliphatic carbocycles. The van der Waals surface area contributed by atoms with E-state index in [0.29, 0.717) is 11.5 Å². The van der Waals surface area contributed by atoms with Crippen LogP contribution in [0, 0.1) is 39.8 Å². The topological polar surface area (TPSA) is 54.1 Å². The summed E-state index contributed by atoms with van der Waals surface area (Å²) < 4.78 is 15.9. The molecule has 46 heavy (non-hydrogen) atoms. The van der Waals surface area contributed by atoms with Gasteiger partial charge < -0.3 is 14.0 Å². The van der Waals surface area contributed by atoms with Crippen molar-refractivity contribution in [1.82, 2.24) is 19.3 Å². The van der Waals surface area contributed by atoms with E-state index in [9.17, 15) is 0 Å². The molecule has 6 nitrogen and oxygen atoms in total. The van der Waals surface area contributed by atoms with Gasteiger partial charge in [-0.15, -0.1) is 47.5 Å². The van der Waals surface area contributed by atoms with Crippen LogP contribution in [0.4, 0.5) is 0 Å². The number of ether oxygens (including phenoxy) is 2. The second-order valence-corrected chi connectivity index (χ2v) is 12.0. The quantitative estimate of drug-likeness (QED) is 0.0936. The fraction of sp³-hybridized carbons (Fsp3) is 0.158. The Morgan fingerprint density at radius 1 is 0.783 bits per heavy atom. The number of hydrogen-bond acceptors (Lipinski definition) is 5. The molecule has 0 saturated carbocycles. The third-order valence-corrected chi connectivity index (χ3v) is 8.93. The predicted molar refractivity (Wildman–Crippen MR) is 183 cm³/mol. The van der Waals surface area contributed by atoms with Crippen LogP contribution in [0.25, 0.3) is 44.4 Å². The predicted octanol–water partition coefficient (Wildman–Crippen LogP) is 9.39. The third-order valence-electron chi connectivity index (χ3n) is 8.22. The van der Waals surface area contributed by atoms with E-state index >= 15 is 0 Å². The molecular formula is C38H32N4O2PdS. The van der Waals surface area contributed by atoms with Gasteiger partial charge in [0.05, 0.1) is 12.8 Å². The van der Waals surface area contributed by atoms with E-state index in [2.05, 4.69) is 86.0 Å². The van der Waals surface area contributed by atoms with Gasteiger partial charge in [-0.2, -0.15) is 17.2 Å². The molecule has 0 bridgehead atoms. The maximum absolute atomic E-state index is 6.39. The SMILES string of the molecule is COc1ccnc(-n2c3[c-]c(Oc4[c-]c(-n5nc(C)c(-c6c(C)cc(SC)cc6C)c5C)ccc4)ccc3c3ccccc32)c1.[Pd+2]. The van der Waals surface area contributed by atoms with Crippen molar-refractivity contribution in [3.63, 3.8) is 0 Å². The number of aromatic nitrogens is 4. The van der Waals surface area contributed by atoms with Gasteiger partial charge in [-0.1, -0.05) is 23.7 Å². The van der Waals surface area contributed by atoms with E-state index in [4.69, 9.17) is 14.6 Å². The fourth-order valence-corrected chi connectivity index (χ4v) is 6.82. The standard InChI is InChI=1S/C38H32N4O2S.Pd/c1-23-18-31(45-6)19-24(2)37(23)38-25(3)40-42(26(38)4)27-10-9-11-29(20-27)44-30-14-15-33-32-12-7-8-13-34(32)41(35(33)21-30)36-22-28(43-5)16-17-39-36;/h7-19,22H,1-6H3;/q-2;+2. The number of thioether (sulfide) groups is 1. The average molecular weight is 715 g/mol. The Kier molecular flexibility index (Phi) is 8.80. The maximum Gasteiger partial charge on any atom is 2.00 e. The first-order valence-corrected chi connectivity index (χ1v) is 16.0. The van der Waals surface area contributed by atoms with Crippen LogP contribution in [0.1, 0.15) is 22.5 Å². The van der Waals surface area contributed by atoms with Crippen molar-refractivity contribution in [3.05, 3.63) is 120 Å². The van der Waals surface area contributed by atoms with Gasteiger partial charge in [0.15, 0.2) is 0 Å². The molecule has 7 rings (SSSR count). The van der Waals surface area contributed by atoms with E-state index in [1.54, 1.807) is 25.1 Å². The Morgan fingerprint density at radius 2 is 1.54 bits per heavy atom. The van der Waals surface area contributed by atoms with Crippen LogP contribution < -0.4 is 9.47 Å². The number of nitrogens with zero attached hydrogens (tertiary/aromatic N) is 4. The summed E-state index contributed by atoms with van der Waals surface area (Å²) in [6, 6.07) is 33.4. The van der Waals surface area contributed by atoms with Crippen molar-refractivity contribution < 1.29 is 29.9 Å². The minimum atomic E-state index is 0. The minimum absolute atomic E-state index is 0. The molecule has 0 radical (unpaired) electrons. The van der Waals surface area contributed by atoms with Crippen molar-refractivity contribution in [3.8, 4) is 39.9 Å². The van der Waals surface area contributed by atoms with Gasteiger partial charge in [0, 0.05) is 45.4 Å². The summed E-state index contributed by atoms with van der Waals surface area (Å²) in [5.74, 6) is 2.64. The Balaban J connectivity index is 0.00000372. The molecule has 0 fully saturated rings. The first kappa shape index (κ1) is 31.6. The van der Waals surface area contributed by atoms with Crippen LogP contribution in [0.2, 0.25) is 0 Å². The van der Waals surface area contributed by atoms with E-state index in [0.717, 1.165) is 56.0 Å². The molecule has 0 amide bonds. The van der Waals surface area contributed by atoms with Gasteiger partial charge >= 0.3 is 20.4 Å². The number of benzene rings is 4. The summed E-state index contributed by atoms with van der Waals surface area (Å²) in [5, 5.41) is 7.13. The molecule has 0 spiro atoms. The number of aryl methyl sites for hydroxylation is 3. The van der Waals surface area contributed by atoms with Gasteiger partial charge in [-0.05, 0) is 86.0 Å². The van der Waals surface area contributed by atoms with Crippen LogP contribution in [0.3, 0.4) is 0 Å². The molecule has 232 valence electrons. The molecule has 3 heterocycles. The summed E-state index contributed by atoms with van der Waals surface area (Å²) in [6.45, 7) is 8.54. The number of rotatable bonds is 7. The maximum atomic E-state index is 6.39. The second kappa shape index (κ2) is 12.8. The molecule has 7 aromatic rings. The largest absolute Gasteiger partial charge is 2.00 e. The Bertz CT molecular complexity index is 2210. The summed E-state index contributed by atoms with van der Waals surface area (Å²) in [4.78, 5) is 5.92. The smallest absolute Gasteiger partial charge is 0.509 e. The zero-order chi connectivity index (χ0) is 31.2. The third kappa shape index (κ3) is 5.51. The van der Waals surface area contributed by atoms with E-state index < -0.39 is 0 Å². The van der Waals surface area contributed by atoms with Gasteiger partial charge in [-0.25, -0.2) is 4.98 Å². The van der Waals surface area contributed by atoms with Crippen molar-refractivity contribution in [2.45, 2.75) is 32.6 Å². The van der Waals surface area contributed by atoms with Crippen LogP contribution in [-0.4, -0.2) is 32.7 Å². The zero-order valence-electron chi connectivity index (χ0n) is 26.4. The first-order valence-electron chi connectivity index (χ1n) is 14.7. The number of hydrogen-bond donors (Lipinski definition) is 0. The molecular weight excluding hydrogens is 683 g/mol. The first-order chi connectivity index (χ1) is 21.9. The molecule has 0 aliphatic heterocycles. The van der Waals surface area contributed by atoms with Gasteiger partial charge in [0.25, 0.3) is 0 Å². The van der Waals surface area contributed by atoms with Crippen molar-refractivity contribution >= 4 is 33.6 Å². The summed E-state index contributed by atoms with van der Waals surface area (Å²) in [5.41, 5.74) is 9.65. The summed E-state index contributed by atoms with van der Waals surface area (Å²) in [7, 11) is 1.66. The normalized spacial score (nSPS) is 11.2. The Morgan fingerprint density at radius 3 is 2.30 bits per heavy atom. The monoisotopic (exact) mass is 714 g/mol. The van der Waals surface area contributed by atoms with Gasteiger partial charge in [0.2, 0.25) is 0 Å². The van der Waals surface area contributed by atoms with Crippen molar-refractivity contribution in [1.29, 1.82) is 0 Å². The van der Waals surface area contributed by atoms with Crippen LogP contribution in [0.15, 0.2) is 90.0 Å².